The van der Waals surface area contributed by atoms with Gasteiger partial charge >= 0.3 is 0 Å². The quantitative estimate of drug-likeness (QED) is 0.190. The van der Waals surface area contributed by atoms with Gasteiger partial charge in [-0.05, 0) is 88.5 Å². The molecule has 0 bridgehead atoms. The largest absolute Gasteiger partial charge is 0.456 e. The molecule has 59 heavy (non-hydrogen) atoms. The minimum absolute atomic E-state index is 0.135. The van der Waals surface area contributed by atoms with Gasteiger partial charge in [0.1, 0.15) is 22.8 Å². The minimum atomic E-state index is -0.484. The molecule has 1 aliphatic carbocycles. The molecular formula is C53H37N5O. The van der Waals surface area contributed by atoms with Crippen LogP contribution in [0.4, 0.5) is 0 Å². The van der Waals surface area contributed by atoms with E-state index in [4.69, 9.17) is 14.4 Å². The fraction of sp³-hybridized carbons (Fsp3) is 0.0755. The van der Waals surface area contributed by atoms with Gasteiger partial charge in [-0.15, -0.1) is 0 Å². The van der Waals surface area contributed by atoms with E-state index in [1.165, 1.54) is 44.1 Å². The van der Waals surface area contributed by atoms with Crippen molar-refractivity contribution in [2.24, 2.45) is 9.98 Å². The van der Waals surface area contributed by atoms with Gasteiger partial charge in [0, 0.05) is 67.3 Å². The van der Waals surface area contributed by atoms with E-state index < -0.39 is 6.17 Å². The highest BCUT2D eigenvalue weighted by atomic mass is 16.3. The first kappa shape index (κ1) is 33.6. The van der Waals surface area contributed by atoms with Crippen LogP contribution in [-0.2, 0) is 5.41 Å². The summed E-state index contributed by atoms with van der Waals surface area (Å²) in [5, 5.41) is 8.02. The lowest BCUT2D eigenvalue weighted by Gasteiger charge is -2.22. The lowest BCUT2D eigenvalue weighted by Crippen LogP contribution is -2.36. The van der Waals surface area contributed by atoms with E-state index >= 15 is 0 Å². The zero-order chi connectivity index (χ0) is 39.2. The van der Waals surface area contributed by atoms with Gasteiger partial charge in [-0.25, -0.2) is 9.98 Å². The molecule has 0 spiro atoms. The number of nitrogens with one attached hydrogen (secondary N) is 1. The fourth-order valence-corrected chi connectivity index (χ4v) is 9.46. The summed E-state index contributed by atoms with van der Waals surface area (Å²) in [6.45, 7) is 4.65. The zero-order valence-corrected chi connectivity index (χ0v) is 32.5. The van der Waals surface area contributed by atoms with E-state index in [0.29, 0.717) is 0 Å². The van der Waals surface area contributed by atoms with Crippen molar-refractivity contribution in [3.8, 4) is 27.9 Å². The molecule has 6 nitrogen and oxygen atoms in total. The highest BCUT2D eigenvalue weighted by molar-refractivity contribution is 6.17. The molecule has 2 aliphatic rings. The van der Waals surface area contributed by atoms with E-state index in [9.17, 15) is 0 Å². The normalized spacial score (nSPS) is 14.7. The molecule has 7 aromatic carbocycles. The number of rotatable bonds is 5. The van der Waals surface area contributed by atoms with Crippen LogP contribution >= 0.6 is 0 Å². The Balaban J connectivity index is 1.04. The number of furan rings is 1. The zero-order valence-electron chi connectivity index (χ0n) is 32.5. The van der Waals surface area contributed by atoms with Crippen molar-refractivity contribution in [2.45, 2.75) is 25.4 Å². The number of hydrogen-bond acceptors (Lipinski definition) is 5. The number of hydrogen-bond donors (Lipinski definition) is 1. The molecule has 12 rings (SSSR count). The van der Waals surface area contributed by atoms with Crippen molar-refractivity contribution >= 4 is 55.4 Å². The van der Waals surface area contributed by atoms with Gasteiger partial charge in [0.2, 0.25) is 0 Å². The monoisotopic (exact) mass is 759 g/mol. The molecule has 1 N–H and O–H groups in total. The van der Waals surface area contributed by atoms with Crippen molar-refractivity contribution in [3.05, 3.63) is 204 Å². The van der Waals surface area contributed by atoms with Gasteiger partial charge in [0.25, 0.3) is 0 Å². The molecule has 0 atom stereocenters. The van der Waals surface area contributed by atoms with Gasteiger partial charge < -0.3 is 14.3 Å². The van der Waals surface area contributed by atoms with Crippen LogP contribution in [0.1, 0.15) is 47.8 Å². The van der Waals surface area contributed by atoms with Gasteiger partial charge in [-0.1, -0.05) is 117 Å². The average molecular weight is 760 g/mol. The average Bonchev–Trinajstić information content (AvgIpc) is 3.91. The number of amidine groups is 2. The molecule has 0 radical (unpaired) electrons. The lowest BCUT2D eigenvalue weighted by atomic mass is 9.82. The predicted molar refractivity (Wildman–Crippen MR) is 241 cm³/mol. The van der Waals surface area contributed by atoms with Crippen molar-refractivity contribution in [3.63, 3.8) is 0 Å². The van der Waals surface area contributed by atoms with Crippen molar-refractivity contribution in [1.29, 1.82) is 0 Å². The van der Waals surface area contributed by atoms with E-state index in [1.54, 1.807) is 0 Å². The molecule has 0 unspecified atom stereocenters. The third-order valence-electron chi connectivity index (χ3n) is 12.3. The second-order valence-corrected chi connectivity index (χ2v) is 16.1. The summed E-state index contributed by atoms with van der Waals surface area (Å²) in [4.78, 5) is 15.0. The Morgan fingerprint density at radius 2 is 1.20 bits per heavy atom. The van der Waals surface area contributed by atoms with Crippen molar-refractivity contribution in [1.82, 2.24) is 14.9 Å². The number of fused-ring (bicyclic) bond motifs is 9. The van der Waals surface area contributed by atoms with Crippen LogP contribution in [0.2, 0.25) is 0 Å². The number of aromatic nitrogens is 2. The topological polar surface area (TPSA) is 67.7 Å². The summed E-state index contributed by atoms with van der Waals surface area (Å²) in [7, 11) is 0. The summed E-state index contributed by atoms with van der Waals surface area (Å²) >= 11 is 0. The number of aliphatic imine (C=N–C) groups is 2. The Hall–Kier alpha value is -7.57. The number of pyridine rings is 1. The van der Waals surface area contributed by atoms with E-state index in [-0.39, 0.29) is 5.41 Å². The number of nitrogens with zero attached hydrogens (tertiary/aromatic N) is 4. The van der Waals surface area contributed by atoms with Crippen molar-refractivity contribution < 1.29 is 4.42 Å². The molecule has 0 saturated heterocycles. The SMILES string of the molecule is CC1(C)c2ccncc2-c2cc3c4cc(-c5ccc6oc7cccc(C8N=C(c9ccccc9)NC(c9ccccc9)=N8)c7c6c5)ccc4n(-c4ccccc4)c3cc21. The third-order valence-corrected chi connectivity index (χ3v) is 12.3. The van der Waals surface area contributed by atoms with Gasteiger partial charge in [0.15, 0.2) is 6.17 Å². The van der Waals surface area contributed by atoms with Crippen LogP contribution in [0.3, 0.4) is 0 Å². The standard InChI is InChI=1S/C53H37N5O/c1-53(2)43-25-26-54-31-42(43)38-29-40-39-27-34(21-23-45(39)58(46(40)30-44(38)53)36-17-10-5-11-18-36)35-22-24-47-41(28-35)49-37(19-12-20-48(49)59-47)52-56-50(32-13-6-3-7-14-32)55-51(57-52)33-15-8-4-9-16-33/h3-31,52H,1-2H3,(H,55,56,57). The Kier molecular flexibility index (Phi) is 7.23. The third kappa shape index (κ3) is 5.16. The molecule has 1 aliphatic heterocycles. The maximum absolute atomic E-state index is 6.55. The van der Waals surface area contributed by atoms with Crippen LogP contribution in [0.25, 0.3) is 71.7 Å². The predicted octanol–water partition coefficient (Wildman–Crippen LogP) is 12.5. The molecule has 4 heterocycles. The number of para-hydroxylation sites is 1. The first-order valence-corrected chi connectivity index (χ1v) is 20.1. The molecule has 10 aromatic rings. The molecule has 0 fully saturated rings. The van der Waals surface area contributed by atoms with Crippen LogP contribution in [-0.4, -0.2) is 21.2 Å². The van der Waals surface area contributed by atoms with E-state index in [1.807, 2.05) is 60.9 Å². The molecule has 280 valence electrons. The lowest BCUT2D eigenvalue weighted by molar-refractivity contribution is 0.660. The summed E-state index contributed by atoms with van der Waals surface area (Å²) in [5.41, 5.74) is 15.4. The van der Waals surface area contributed by atoms with Crippen LogP contribution in [0.5, 0.6) is 0 Å². The number of benzene rings is 7. The Labute approximate surface area is 340 Å². The van der Waals surface area contributed by atoms with Crippen LogP contribution in [0, 0.1) is 0 Å². The Bertz CT molecular complexity index is 3320. The Morgan fingerprint density at radius 3 is 1.93 bits per heavy atom. The highest BCUT2D eigenvalue weighted by Gasteiger charge is 2.36. The highest BCUT2D eigenvalue weighted by Crippen LogP contribution is 2.51. The second-order valence-electron chi connectivity index (χ2n) is 16.1. The first-order chi connectivity index (χ1) is 29.0. The molecule has 3 aromatic heterocycles. The van der Waals surface area contributed by atoms with Crippen LogP contribution in [0.15, 0.2) is 191 Å². The van der Waals surface area contributed by atoms with E-state index in [0.717, 1.165) is 67.1 Å². The van der Waals surface area contributed by atoms with Gasteiger partial charge in [-0.2, -0.15) is 0 Å². The van der Waals surface area contributed by atoms with Crippen molar-refractivity contribution in [2.75, 3.05) is 0 Å². The van der Waals surface area contributed by atoms with E-state index in [2.05, 4.69) is 144 Å². The van der Waals surface area contributed by atoms with Crippen LogP contribution < -0.4 is 5.32 Å². The fourth-order valence-electron chi connectivity index (χ4n) is 9.46. The van der Waals surface area contributed by atoms with Gasteiger partial charge in [0.05, 0.1) is 11.0 Å². The van der Waals surface area contributed by atoms with Gasteiger partial charge in [-0.3, -0.25) is 4.98 Å². The maximum Gasteiger partial charge on any atom is 0.170 e. The smallest absolute Gasteiger partial charge is 0.170 e. The molecular weight excluding hydrogens is 723 g/mol. The minimum Gasteiger partial charge on any atom is -0.456 e. The molecule has 6 heteroatoms. The summed E-state index contributed by atoms with van der Waals surface area (Å²) in [6, 6.07) is 57.9. The maximum atomic E-state index is 6.55. The second kappa shape index (κ2) is 12.7. The molecule has 0 saturated carbocycles. The summed E-state index contributed by atoms with van der Waals surface area (Å²) < 4.78 is 8.96. The molecule has 0 amide bonds. The summed E-state index contributed by atoms with van der Waals surface area (Å²) in [5.74, 6) is 1.57. The first-order valence-electron chi connectivity index (χ1n) is 20.1. The summed E-state index contributed by atoms with van der Waals surface area (Å²) in [6.07, 6.45) is 3.46. The Morgan fingerprint density at radius 1 is 0.542 bits per heavy atom.